The average Bonchev–Trinajstić information content (AvgIpc) is 2.88. The van der Waals surface area contributed by atoms with Gasteiger partial charge in [-0.2, -0.15) is 16.9 Å². The SMILES string of the molecule is Cc1cc(C)n(CC(=O)Nc2ccc(CN3CCSCC3)cc2C)n1. The van der Waals surface area contributed by atoms with Crippen LogP contribution in [0.2, 0.25) is 0 Å². The van der Waals surface area contributed by atoms with E-state index in [2.05, 4.69) is 34.4 Å². The second kappa shape index (κ2) is 8.06. The van der Waals surface area contributed by atoms with Crippen LogP contribution in [0.5, 0.6) is 0 Å². The van der Waals surface area contributed by atoms with Gasteiger partial charge in [0.05, 0.1) is 5.69 Å². The molecule has 1 aromatic carbocycles. The number of benzene rings is 1. The van der Waals surface area contributed by atoms with Crippen LogP contribution in [0, 0.1) is 20.8 Å². The van der Waals surface area contributed by atoms with Crippen LogP contribution < -0.4 is 5.32 Å². The normalized spacial score (nSPS) is 15.3. The largest absolute Gasteiger partial charge is 0.324 e. The topological polar surface area (TPSA) is 50.2 Å². The van der Waals surface area contributed by atoms with E-state index in [1.807, 2.05) is 37.7 Å². The van der Waals surface area contributed by atoms with Crippen LogP contribution in [-0.2, 0) is 17.9 Å². The van der Waals surface area contributed by atoms with Gasteiger partial charge in [-0.05, 0) is 44.0 Å². The third-order valence-electron chi connectivity index (χ3n) is 4.47. The first-order chi connectivity index (χ1) is 12.0. The second-order valence-electron chi connectivity index (χ2n) is 6.67. The van der Waals surface area contributed by atoms with E-state index in [-0.39, 0.29) is 12.5 Å². The molecule has 1 aromatic heterocycles. The van der Waals surface area contributed by atoms with Crippen LogP contribution in [0.4, 0.5) is 5.69 Å². The Labute approximate surface area is 153 Å². The summed E-state index contributed by atoms with van der Waals surface area (Å²) < 4.78 is 1.74. The molecular formula is C19H26N4OS. The molecule has 0 atom stereocenters. The fraction of sp³-hybridized carbons (Fsp3) is 0.474. The highest BCUT2D eigenvalue weighted by atomic mass is 32.2. The third-order valence-corrected chi connectivity index (χ3v) is 5.41. The number of hydrogen-bond donors (Lipinski definition) is 1. The van der Waals surface area contributed by atoms with Gasteiger partial charge in [-0.1, -0.05) is 12.1 Å². The molecule has 1 aliphatic rings. The average molecular weight is 359 g/mol. The fourth-order valence-corrected chi connectivity index (χ4v) is 4.12. The molecule has 0 unspecified atom stereocenters. The van der Waals surface area contributed by atoms with Crippen LogP contribution in [0.3, 0.4) is 0 Å². The van der Waals surface area contributed by atoms with Crippen molar-refractivity contribution < 1.29 is 4.79 Å². The van der Waals surface area contributed by atoms with Gasteiger partial charge in [0.1, 0.15) is 6.54 Å². The second-order valence-corrected chi connectivity index (χ2v) is 7.90. The van der Waals surface area contributed by atoms with Crippen molar-refractivity contribution >= 4 is 23.4 Å². The summed E-state index contributed by atoms with van der Waals surface area (Å²) in [4.78, 5) is 14.8. The fourth-order valence-electron chi connectivity index (χ4n) is 3.14. The summed E-state index contributed by atoms with van der Waals surface area (Å²) >= 11 is 2.03. The molecule has 0 saturated carbocycles. The Kier molecular flexibility index (Phi) is 5.81. The highest BCUT2D eigenvalue weighted by Gasteiger charge is 2.12. The van der Waals surface area contributed by atoms with Crippen molar-refractivity contribution in [2.45, 2.75) is 33.9 Å². The quantitative estimate of drug-likeness (QED) is 0.893. The Morgan fingerprint density at radius 2 is 1.96 bits per heavy atom. The molecule has 6 heteroatoms. The predicted molar refractivity (Wildman–Crippen MR) is 104 cm³/mol. The zero-order valence-electron chi connectivity index (χ0n) is 15.2. The number of carbonyl (C=O) groups excluding carboxylic acids is 1. The number of aromatic nitrogens is 2. The van der Waals surface area contributed by atoms with Crippen molar-refractivity contribution in [2.75, 3.05) is 29.9 Å². The zero-order chi connectivity index (χ0) is 17.8. The molecule has 2 heterocycles. The Bertz CT molecular complexity index is 750. The summed E-state index contributed by atoms with van der Waals surface area (Å²) in [6.07, 6.45) is 0. The number of nitrogens with zero attached hydrogens (tertiary/aromatic N) is 3. The summed E-state index contributed by atoms with van der Waals surface area (Å²) in [6, 6.07) is 8.29. The Morgan fingerprint density at radius 3 is 2.60 bits per heavy atom. The minimum absolute atomic E-state index is 0.0462. The molecule has 25 heavy (non-hydrogen) atoms. The maximum Gasteiger partial charge on any atom is 0.246 e. The number of amides is 1. The van der Waals surface area contributed by atoms with Gasteiger partial charge in [-0.25, -0.2) is 0 Å². The van der Waals surface area contributed by atoms with E-state index in [1.54, 1.807) is 4.68 Å². The monoisotopic (exact) mass is 358 g/mol. The van der Waals surface area contributed by atoms with E-state index in [1.165, 1.54) is 17.1 Å². The number of carbonyl (C=O) groups is 1. The smallest absolute Gasteiger partial charge is 0.246 e. The zero-order valence-corrected chi connectivity index (χ0v) is 16.0. The number of thioether (sulfide) groups is 1. The maximum absolute atomic E-state index is 12.3. The molecule has 0 spiro atoms. The minimum atomic E-state index is -0.0462. The van der Waals surface area contributed by atoms with Crippen molar-refractivity contribution in [1.82, 2.24) is 14.7 Å². The molecule has 1 aliphatic heterocycles. The first-order valence-electron chi connectivity index (χ1n) is 8.72. The first-order valence-corrected chi connectivity index (χ1v) is 9.87. The number of hydrogen-bond acceptors (Lipinski definition) is 4. The lowest BCUT2D eigenvalue weighted by Gasteiger charge is -2.26. The van der Waals surface area contributed by atoms with Crippen molar-refractivity contribution in [3.8, 4) is 0 Å². The molecule has 0 bridgehead atoms. The van der Waals surface area contributed by atoms with Crippen LogP contribution >= 0.6 is 11.8 Å². The summed E-state index contributed by atoms with van der Waals surface area (Å²) in [7, 11) is 0. The molecule has 3 rings (SSSR count). The van der Waals surface area contributed by atoms with E-state index in [4.69, 9.17) is 0 Å². The lowest BCUT2D eigenvalue weighted by atomic mass is 10.1. The van der Waals surface area contributed by atoms with Crippen molar-refractivity contribution in [3.63, 3.8) is 0 Å². The van der Waals surface area contributed by atoms with E-state index in [9.17, 15) is 4.79 Å². The molecule has 134 valence electrons. The van der Waals surface area contributed by atoms with E-state index in [0.717, 1.165) is 42.3 Å². The lowest BCUT2D eigenvalue weighted by Crippen LogP contribution is -2.32. The van der Waals surface area contributed by atoms with E-state index >= 15 is 0 Å². The van der Waals surface area contributed by atoms with Gasteiger partial charge >= 0.3 is 0 Å². The predicted octanol–water partition coefficient (Wildman–Crippen LogP) is 3.00. The maximum atomic E-state index is 12.3. The van der Waals surface area contributed by atoms with Crippen molar-refractivity contribution in [2.24, 2.45) is 0 Å². The first kappa shape index (κ1) is 18.0. The lowest BCUT2D eigenvalue weighted by molar-refractivity contribution is -0.116. The molecular weight excluding hydrogens is 332 g/mol. The van der Waals surface area contributed by atoms with Gasteiger partial charge in [0.15, 0.2) is 0 Å². The molecule has 2 aromatic rings. The van der Waals surface area contributed by atoms with Crippen LogP contribution in [-0.4, -0.2) is 45.2 Å². The van der Waals surface area contributed by atoms with Gasteiger partial charge < -0.3 is 5.32 Å². The number of nitrogens with one attached hydrogen (secondary N) is 1. The summed E-state index contributed by atoms with van der Waals surface area (Å²) in [5.74, 6) is 2.40. The van der Waals surface area contributed by atoms with Crippen molar-refractivity contribution in [1.29, 1.82) is 0 Å². The van der Waals surface area contributed by atoms with E-state index in [0.29, 0.717) is 0 Å². The van der Waals surface area contributed by atoms with Crippen LogP contribution in [0.25, 0.3) is 0 Å². The number of aryl methyl sites for hydroxylation is 3. The number of anilines is 1. The Morgan fingerprint density at radius 1 is 1.20 bits per heavy atom. The van der Waals surface area contributed by atoms with Gasteiger partial charge in [0, 0.05) is 42.5 Å². The molecule has 1 fully saturated rings. The van der Waals surface area contributed by atoms with Gasteiger partial charge in [-0.15, -0.1) is 0 Å². The third kappa shape index (κ3) is 4.86. The molecule has 1 N–H and O–H groups in total. The van der Waals surface area contributed by atoms with Crippen LogP contribution in [0.15, 0.2) is 24.3 Å². The van der Waals surface area contributed by atoms with Crippen LogP contribution in [0.1, 0.15) is 22.5 Å². The molecule has 0 aliphatic carbocycles. The Balaban J connectivity index is 1.60. The standard InChI is InChI=1S/C19H26N4OS/c1-14-10-17(12-22-6-8-25-9-7-22)4-5-18(14)20-19(24)13-23-16(3)11-15(2)21-23/h4-5,10-11H,6-9,12-13H2,1-3H3,(H,20,24). The molecule has 1 saturated heterocycles. The summed E-state index contributed by atoms with van der Waals surface area (Å²) in [6.45, 7) is 9.50. The molecule has 5 nitrogen and oxygen atoms in total. The van der Waals surface area contributed by atoms with Gasteiger partial charge in [0.25, 0.3) is 0 Å². The van der Waals surface area contributed by atoms with Gasteiger partial charge in [-0.3, -0.25) is 14.4 Å². The van der Waals surface area contributed by atoms with Crippen molar-refractivity contribution in [3.05, 3.63) is 46.8 Å². The number of rotatable bonds is 5. The van der Waals surface area contributed by atoms with Gasteiger partial charge in [0.2, 0.25) is 5.91 Å². The summed E-state index contributed by atoms with van der Waals surface area (Å²) in [5.41, 5.74) is 5.22. The molecule has 1 amide bonds. The minimum Gasteiger partial charge on any atom is -0.324 e. The Hall–Kier alpha value is -1.79. The highest BCUT2D eigenvalue weighted by Crippen LogP contribution is 2.19. The molecule has 0 radical (unpaired) electrons. The summed E-state index contributed by atoms with van der Waals surface area (Å²) in [5, 5.41) is 7.35. The highest BCUT2D eigenvalue weighted by molar-refractivity contribution is 7.99. The van der Waals surface area contributed by atoms with E-state index < -0.39 is 0 Å².